The van der Waals surface area contributed by atoms with Gasteiger partial charge in [0, 0.05) is 5.69 Å². The fourth-order valence-corrected chi connectivity index (χ4v) is 2.94. The molecular weight excluding hydrogens is 466 g/mol. The highest BCUT2D eigenvalue weighted by molar-refractivity contribution is 6.39. The summed E-state index contributed by atoms with van der Waals surface area (Å²) in [6, 6.07) is 17.8. The van der Waals surface area contributed by atoms with Crippen LogP contribution in [0.2, 0.25) is 0 Å². The van der Waals surface area contributed by atoms with Crippen LogP contribution in [0.5, 0.6) is 23.0 Å². The molecule has 0 atom stereocenters. The van der Waals surface area contributed by atoms with Crippen molar-refractivity contribution < 1.29 is 33.3 Å². The van der Waals surface area contributed by atoms with Crippen molar-refractivity contribution in [2.75, 3.05) is 26.1 Å². The van der Waals surface area contributed by atoms with Crippen molar-refractivity contribution in [2.24, 2.45) is 5.10 Å². The molecule has 3 aromatic carbocycles. The second-order valence-electron chi connectivity index (χ2n) is 7.14. The SMILES string of the molecule is CCOc1ccc(NC(=O)C(=O)NN=Cc2ccc(OC(=O)c3ccc(OC)cc3)c(OC)c2)cc1. The Hall–Kier alpha value is -4.86. The molecule has 10 heteroatoms. The number of rotatable bonds is 9. The zero-order valence-electron chi connectivity index (χ0n) is 19.9. The number of anilines is 1. The van der Waals surface area contributed by atoms with E-state index < -0.39 is 17.8 Å². The van der Waals surface area contributed by atoms with E-state index in [0.717, 1.165) is 0 Å². The molecule has 0 spiro atoms. The number of benzene rings is 3. The van der Waals surface area contributed by atoms with Gasteiger partial charge in [-0.15, -0.1) is 0 Å². The number of ether oxygens (including phenoxy) is 4. The van der Waals surface area contributed by atoms with Gasteiger partial charge in [0.1, 0.15) is 11.5 Å². The number of methoxy groups -OCH3 is 2. The molecule has 0 saturated carbocycles. The Morgan fingerprint density at radius 3 is 2.17 bits per heavy atom. The lowest BCUT2D eigenvalue weighted by molar-refractivity contribution is -0.136. The van der Waals surface area contributed by atoms with Gasteiger partial charge in [-0.3, -0.25) is 9.59 Å². The largest absolute Gasteiger partial charge is 0.497 e. The second kappa shape index (κ2) is 12.6. The minimum atomic E-state index is -0.947. The zero-order valence-corrected chi connectivity index (χ0v) is 19.9. The summed E-state index contributed by atoms with van der Waals surface area (Å²) >= 11 is 0. The Labute approximate surface area is 207 Å². The molecule has 0 aromatic heterocycles. The third kappa shape index (κ3) is 7.07. The Morgan fingerprint density at radius 2 is 1.53 bits per heavy atom. The first kappa shape index (κ1) is 25.8. The smallest absolute Gasteiger partial charge is 0.343 e. The van der Waals surface area contributed by atoms with Gasteiger partial charge >= 0.3 is 17.8 Å². The summed E-state index contributed by atoms with van der Waals surface area (Å²) in [5.74, 6) is -0.639. The molecule has 0 aliphatic carbocycles. The van der Waals surface area contributed by atoms with E-state index in [1.807, 2.05) is 6.92 Å². The number of carbonyl (C=O) groups is 3. The topological polar surface area (TPSA) is 125 Å². The average molecular weight is 492 g/mol. The number of nitrogens with zero attached hydrogens (tertiary/aromatic N) is 1. The minimum absolute atomic E-state index is 0.203. The Morgan fingerprint density at radius 1 is 0.833 bits per heavy atom. The van der Waals surface area contributed by atoms with E-state index in [0.29, 0.717) is 34.9 Å². The molecule has 0 fully saturated rings. The van der Waals surface area contributed by atoms with Gasteiger partial charge < -0.3 is 24.3 Å². The van der Waals surface area contributed by atoms with Gasteiger partial charge in [-0.1, -0.05) is 0 Å². The van der Waals surface area contributed by atoms with Crippen LogP contribution in [0.3, 0.4) is 0 Å². The average Bonchev–Trinajstić information content (AvgIpc) is 2.90. The summed E-state index contributed by atoms with van der Waals surface area (Å²) in [5.41, 5.74) is 3.47. The fraction of sp³-hybridized carbons (Fsp3) is 0.154. The first-order valence-electron chi connectivity index (χ1n) is 10.8. The molecule has 0 aliphatic heterocycles. The summed E-state index contributed by atoms with van der Waals surface area (Å²) in [4.78, 5) is 36.5. The van der Waals surface area contributed by atoms with Crippen LogP contribution in [0, 0.1) is 0 Å². The second-order valence-corrected chi connectivity index (χ2v) is 7.14. The van der Waals surface area contributed by atoms with E-state index in [-0.39, 0.29) is 11.5 Å². The third-order valence-electron chi connectivity index (χ3n) is 4.73. The summed E-state index contributed by atoms with van der Waals surface area (Å²) in [6.45, 7) is 2.39. The van der Waals surface area contributed by atoms with E-state index in [4.69, 9.17) is 18.9 Å². The normalized spacial score (nSPS) is 10.4. The molecule has 0 unspecified atom stereocenters. The molecular formula is C26H25N3O7. The lowest BCUT2D eigenvalue weighted by atomic mass is 10.2. The van der Waals surface area contributed by atoms with Gasteiger partial charge in [0.25, 0.3) is 0 Å². The van der Waals surface area contributed by atoms with Gasteiger partial charge in [-0.2, -0.15) is 5.10 Å². The van der Waals surface area contributed by atoms with E-state index in [2.05, 4.69) is 15.8 Å². The molecule has 3 rings (SSSR count). The predicted molar refractivity (Wildman–Crippen MR) is 133 cm³/mol. The molecule has 10 nitrogen and oxygen atoms in total. The van der Waals surface area contributed by atoms with Crippen molar-refractivity contribution >= 4 is 29.7 Å². The molecule has 0 bridgehead atoms. The van der Waals surface area contributed by atoms with Gasteiger partial charge in [-0.05, 0) is 79.2 Å². The molecule has 0 radical (unpaired) electrons. The third-order valence-corrected chi connectivity index (χ3v) is 4.73. The first-order valence-corrected chi connectivity index (χ1v) is 10.8. The number of hydrogen-bond donors (Lipinski definition) is 2. The monoisotopic (exact) mass is 491 g/mol. The van der Waals surface area contributed by atoms with E-state index in [1.54, 1.807) is 60.7 Å². The number of hydrazone groups is 1. The summed E-state index contributed by atoms with van der Waals surface area (Å²) in [6.07, 6.45) is 1.32. The number of nitrogens with one attached hydrogen (secondary N) is 2. The number of esters is 1. The van der Waals surface area contributed by atoms with Gasteiger partial charge in [0.15, 0.2) is 11.5 Å². The zero-order chi connectivity index (χ0) is 25.9. The van der Waals surface area contributed by atoms with Crippen LogP contribution in [0.25, 0.3) is 0 Å². The van der Waals surface area contributed by atoms with Crippen molar-refractivity contribution in [1.29, 1.82) is 0 Å². The maximum Gasteiger partial charge on any atom is 0.343 e. The first-order chi connectivity index (χ1) is 17.4. The number of carbonyl (C=O) groups excluding carboxylic acids is 3. The lowest BCUT2D eigenvalue weighted by Gasteiger charge is -2.10. The van der Waals surface area contributed by atoms with Crippen LogP contribution in [0.1, 0.15) is 22.8 Å². The van der Waals surface area contributed by atoms with Gasteiger partial charge in [0.2, 0.25) is 0 Å². The van der Waals surface area contributed by atoms with Crippen LogP contribution in [0.4, 0.5) is 5.69 Å². The van der Waals surface area contributed by atoms with E-state index in [9.17, 15) is 14.4 Å². The van der Waals surface area contributed by atoms with E-state index in [1.165, 1.54) is 26.5 Å². The lowest BCUT2D eigenvalue weighted by Crippen LogP contribution is -2.32. The molecule has 186 valence electrons. The molecule has 2 N–H and O–H groups in total. The Kier molecular flexibility index (Phi) is 8.99. The van der Waals surface area contributed by atoms with Crippen LogP contribution >= 0.6 is 0 Å². The summed E-state index contributed by atoms with van der Waals surface area (Å²) in [7, 11) is 2.96. The standard InChI is InChI=1S/C26H25N3O7/c1-4-35-21-12-8-19(9-13-21)28-24(30)25(31)29-27-16-17-5-14-22(23(15-17)34-3)36-26(32)18-6-10-20(33-2)11-7-18/h5-16H,4H2,1-3H3,(H,28,30)(H,29,31). The van der Waals surface area contributed by atoms with Crippen molar-refractivity contribution in [3.63, 3.8) is 0 Å². The number of hydrogen-bond acceptors (Lipinski definition) is 8. The molecule has 2 amide bonds. The van der Waals surface area contributed by atoms with Gasteiger partial charge in [-0.25, -0.2) is 10.2 Å². The van der Waals surface area contributed by atoms with Crippen molar-refractivity contribution in [2.45, 2.75) is 6.92 Å². The quantitative estimate of drug-likeness (QED) is 0.155. The van der Waals surface area contributed by atoms with E-state index >= 15 is 0 Å². The maximum atomic E-state index is 12.4. The van der Waals surface area contributed by atoms with Crippen LogP contribution in [0.15, 0.2) is 71.8 Å². The molecule has 36 heavy (non-hydrogen) atoms. The summed E-state index contributed by atoms with van der Waals surface area (Å²) < 4.78 is 21.1. The highest BCUT2D eigenvalue weighted by atomic mass is 16.6. The highest BCUT2D eigenvalue weighted by Gasteiger charge is 2.14. The van der Waals surface area contributed by atoms with Crippen molar-refractivity contribution in [3.05, 3.63) is 77.9 Å². The fourth-order valence-electron chi connectivity index (χ4n) is 2.94. The molecule has 0 heterocycles. The highest BCUT2D eigenvalue weighted by Crippen LogP contribution is 2.28. The summed E-state index contributed by atoms with van der Waals surface area (Å²) in [5, 5.41) is 6.26. The Bertz CT molecular complexity index is 1240. The van der Waals surface area contributed by atoms with Crippen molar-refractivity contribution in [1.82, 2.24) is 5.43 Å². The van der Waals surface area contributed by atoms with Crippen LogP contribution in [-0.4, -0.2) is 44.8 Å². The molecule has 0 saturated heterocycles. The van der Waals surface area contributed by atoms with Crippen LogP contribution < -0.4 is 29.7 Å². The minimum Gasteiger partial charge on any atom is -0.497 e. The van der Waals surface area contributed by atoms with Crippen LogP contribution in [-0.2, 0) is 9.59 Å². The maximum absolute atomic E-state index is 12.4. The molecule has 0 aliphatic rings. The Balaban J connectivity index is 1.57. The molecule has 3 aromatic rings. The predicted octanol–water partition coefficient (Wildman–Crippen LogP) is 3.41. The van der Waals surface area contributed by atoms with Gasteiger partial charge in [0.05, 0.1) is 32.6 Å². The van der Waals surface area contributed by atoms with Crippen molar-refractivity contribution in [3.8, 4) is 23.0 Å². The number of amides is 2.